The molecular formula is C7H15FN2. The predicted octanol–water partition coefficient (Wildman–Crippen LogP) is 0.425. The van der Waals surface area contributed by atoms with Gasteiger partial charge < -0.3 is 11.1 Å². The maximum atomic E-state index is 12.6. The smallest absolute Gasteiger partial charge is 0.114 e. The van der Waals surface area contributed by atoms with Gasteiger partial charge in [0.1, 0.15) is 6.17 Å². The van der Waals surface area contributed by atoms with Crippen LogP contribution >= 0.6 is 0 Å². The Labute approximate surface area is 61.0 Å². The van der Waals surface area contributed by atoms with E-state index < -0.39 is 6.17 Å². The molecule has 1 saturated heterocycles. The average Bonchev–Trinajstić information content (AvgIpc) is 2.40. The van der Waals surface area contributed by atoms with Crippen LogP contribution in [0.5, 0.6) is 0 Å². The van der Waals surface area contributed by atoms with Crippen LogP contribution in [0, 0.1) is 0 Å². The average molecular weight is 146 g/mol. The van der Waals surface area contributed by atoms with Crippen molar-refractivity contribution >= 4 is 0 Å². The number of hydrogen-bond donors (Lipinski definition) is 2. The number of rotatable bonds is 3. The highest BCUT2D eigenvalue weighted by Crippen LogP contribution is 2.11. The van der Waals surface area contributed by atoms with Gasteiger partial charge in [-0.25, -0.2) is 4.39 Å². The molecule has 0 aromatic heterocycles. The minimum Gasteiger partial charge on any atom is -0.328 e. The molecule has 2 unspecified atom stereocenters. The zero-order valence-electron chi connectivity index (χ0n) is 6.15. The summed E-state index contributed by atoms with van der Waals surface area (Å²) in [5, 5.41) is 3.23. The highest BCUT2D eigenvalue weighted by molar-refractivity contribution is 4.77. The van der Waals surface area contributed by atoms with Crippen LogP contribution in [0.15, 0.2) is 0 Å². The molecule has 0 aromatic carbocycles. The first-order valence-electron chi connectivity index (χ1n) is 3.90. The summed E-state index contributed by atoms with van der Waals surface area (Å²) in [6, 6.07) is 0.388. The third-order valence-electron chi connectivity index (χ3n) is 1.96. The summed E-state index contributed by atoms with van der Waals surface area (Å²) < 4.78 is 12.6. The van der Waals surface area contributed by atoms with Crippen molar-refractivity contribution in [3.05, 3.63) is 0 Å². The van der Waals surface area contributed by atoms with Gasteiger partial charge in [0.25, 0.3) is 0 Å². The molecule has 1 fully saturated rings. The molecule has 1 rings (SSSR count). The van der Waals surface area contributed by atoms with Crippen LogP contribution < -0.4 is 11.1 Å². The fourth-order valence-electron chi connectivity index (χ4n) is 1.36. The van der Waals surface area contributed by atoms with Gasteiger partial charge in [-0.3, -0.25) is 0 Å². The van der Waals surface area contributed by atoms with E-state index in [0.717, 1.165) is 13.0 Å². The summed E-state index contributed by atoms with van der Waals surface area (Å²) in [5.41, 5.74) is 5.15. The van der Waals surface area contributed by atoms with E-state index >= 15 is 0 Å². The van der Waals surface area contributed by atoms with Gasteiger partial charge in [0.15, 0.2) is 0 Å². The van der Waals surface area contributed by atoms with E-state index in [9.17, 15) is 4.39 Å². The van der Waals surface area contributed by atoms with Crippen molar-refractivity contribution in [3.63, 3.8) is 0 Å². The number of hydrogen-bond acceptors (Lipinski definition) is 2. The Morgan fingerprint density at radius 2 is 2.50 bits per heavy atom. The molecule has 2 nitrogen and oxygen atoms in total. The first-order valence-corrected chi connectivity index (χ1v) is 3.90. The summed E-state index contributed by atoms with van der Waals surface area (Å²) in [4.78, 5) is 0. The first kappa shape index (κ1) is 7.95. The summed E-state index contributed by atoms with van der Waals surface area (Å²) in [5.74, 6) is 0. The second kappa shape index (κ2) is 3.88. The van der Waals surface area contributed by atoms with E-state index in [-0.39, 0.29) is 6.54 Å². The van der Waals surface area contributed by atoms with Crippen molar-refractivity contribution in [1.82, 2.24) is 5.32 Å². The zero-order chi connectivity index (χ0) is 7.40. The third kappa shape index (κ3) is 2.23. The minimum absolute atomic E-state index is 0.165. The molecule has 10 heavy (non-hydrogen) atoms. The van der Waals surface area contributed by atoms with Crippen LogP contribution in [0.4, 0.5) is 4.39 Å². The Hall–Kier alpha value is -0.150. The molecule has 0 amide bonds. The van der Waals surface area contributed by atoms with Crippen LogP contribution in [-0.4, -0.2) is 25.3 Å². The summed E-state index contributed by atoms with van der Waals surface area (Å²) in [7, 11) is 0. The number of alkyl halides is 1. The minimum atomic E-state index is -0.810. The molecular weight excluding hydrogens is 131 g/mol. The lowest BCUT2D eigenvalue weighted by Gasteiger charge is -2.11. The number of halogens is 1. The molecule has 3 N–H and O–H groups in total. The van der Waals surface area contributed by atoms with E-state index in [4.69, 9.17) is 5.73 Å². The van der Waals surface area contributed by atoms with Crippen molar-refractivity contribution < 1.29 is 4.39 Å². The van der Waals surface area contributed by atoms with Gasteiger partial charge in [-0.1, -0.05) is 0 Å². The van der Waals surface area contributed by atoms with E-state index in [0.29, 0.717) is 12.5 Å². The van der Waals surface area contributed by atoms with Crippen LogP contribution in [0.3, 0.4) is 0 Å². The van der Waals surface area contributed by atoms with Gasteiger partial charge in [0.05, 0.1) is 0 Å². The monoisotopic (exact) mass is 146 g/mol. The van der Waals surface area contributed by atoms with Gasteiger partial charge >= 0.3 is 0 Å². The maximum Gasteiger partial charge on any atom is 0.114 e. The summed E-state index contributed by atoms with van der Waals surface area (Å²) in [6.45, 7) is 1.21. The fourth-order valence-corrected chi connectivity index (χ4v) is 1.36. The molecule has 0 aromatic rings. The third-order valence-corrected chi connectivity index (χ3v) is 1.96. The van der Waals surface area contributed by atoms with Crippen LogP contribution in [-0.2, 0) is 0 Å². The first-order chi connectivity index (χ1) is 4.83. The van der Waals surface area contributed by atoms with Crippen molar-refractivity contribution in [2.75, 3.05) is 13.1 Å². The molecule has 0 radical (unpaired) electrons. The van der Waals surface area contributed by atoms with E-state index in [1.807, 2.05) is 0 Å². The van der Waals surface area contributed by atoms with Gasteiger partial charge in [0.2, 0.25) is 0 Å². The van der Waals surface area contributed by atoms with E-state index in [1.54, 1.807) is 0 Å². The second-order valence-corrected chi connectivity index (χ2v) is 2.86. The quantitative estimate of drug-likeness (QED) is 0.605. The van der Waals surface area contributed by atoms with Gasteiger partial charge in [-0.2, -0.15) is 0 Å². The highest BCUT2D eigenvalue weighted by Gasteiger charge is 2.17. The fraction of sp³-hybridized carbons (Fsp3) is 1.00. The molecule has 1 heterocycles. The summed E-state index contributed by atoms with van der Waals surface area (Å²) >= 11 is 0. The molecule has 60 valence electrons. The lowest BCUT2D eigenvalue weighted by Crippen LogP contribution is -2.28. The zero-order valence-corrected chi connectivity index (χ0v) is 6.15. The Morgan fingerprint density at radius 3 is 3.00 bits per heavy atom. The van der Waals surface area contributed by atoms with Gasteiger partial charge in [0, 0.05) is 12.6 Å². The molecule has 0 bridgehead atoms. The lowest BCUT2D eigenvalue weighted by molar-refractivity contribution is 0.294. The highest BCUT2D eigenvalue weighted by atomic mass is 19.1. The molecule has 0 spiro atoms. The van der Waals surface area contributed by atoms with Crippen LogP contribution in [0.1, 0.15) is 19.3 Å². The Morgan fingerprint density at radius 1 is 1.70 bits per heavy atom. The lowest BCUT2D eigenvalue weighted by atomic mass is 10.1. The van der Waals surface area contributed by atoms with Gasteiger partial charge in [-0.15, -0.1) is 0 Å². The van der Waals surface area contributed by atoms with Gasteiger partial charge in [-0.05, 0) is 25.8 Å². The van der Waals surface area contributed by atoms with Crippen LogP contribution in [0.25, 0.3) is 0 Å². The van der Waals surface area contributed by atoms with Crippen molar-refractivity contribution in [2.45, 2.75) is 31.5 Å². The number of nitrogens with two attached hydrogens (primary N) is 1. The van der Waals surface area contributed by atoms with E-state index in [1.165, 1.54) is 6.42 Å². The second-order valence-electron chi connectivity index (χ2n) is 2.86. The van der Waals surface area contributed by atoms with Crippen molar-refractivity contribution in [1.29, 1.82) is 0 Å². The molecule has 2 atom stereocenters. The normalized spacial score (nSPS) is 28.8. The van der Waals surface area contributed by atoms with Crippen LogP contribution in [0.2, 0.25) is 0 Å². The van der Waals surface area contributed by atoms with Crippen molar-refractivity contribution in [3.8, 4) is 0 Å². The Balaban J connectivity index is 2.11. The maximum absolute atomic E-state index is 12.6. The molecule has 1 aliphatic heterocycles. The van der Waals surface area contributed by atoms with E-state index in [2.05, 4.69) is 5.32 Å². The summed E-state index contributed by atoms with van der Waals surface area (Å²) in [6.07, 6.45) is 2.08. The molecule has 3 heteroatoms. The topological polar surface area (TPSA) is 38.0 Å². The molecule has 0 saturated carbocycles. The largest absolute Gasteiger partial charge is 0.328 e. The Kier molecular flexibility index (Phi) is 3.09. The Bertz CT molecular complexity index is 91.6. The molecule has 1 aliphatic rings. The predicted molar refractivity (Wildman–Crippen MR) is 39.6 cm³/mol. The number of nitrogens with one attached hydrogen (secondary N) is 1. The SMILES string of the molecule is NCC(F)CC1CCCN1. The standard InChI is InChI=1S/C7H15FN2/c8-6(5-9)4-7-2-1-3-10-7/h6-7,10H,1-5,9H2. The van der Waals surface area contributed by atoms with Crippen molar-refractivity contribution in [2.24, 2.45) is 5.73 Å². The molecule has 0 aliphatic carbocycles.